The summed E-state index contributed by atoms with van der Waals surface area (Å²) in [6.45, 7) is 7.51. The fourth-order valence-corrected chi connectivity index (χ4v) is 2.00. The Morgan fingerprint density at radius 2 is 1.85 bits per heavy atom. The minimum absolute atomic E-state index is 0.0177. The van der Waals surface area contributed by atoms with Crippen LogP contribution in [-0.2, 0) is 14.4 Å². The third kappa shape index (κ3) is 4.83. The first kappa shape index (κ1) is 16.5. The molecule has 2 amide bonds. The van der Waals surface area contributed by atoms with Crippen LogP contribution >= 0.6 is 0 Å². The van der Waals surface area contributed by atoms with E-state index in [-0.39, 0.29) is 30.7 Å². The quantitative estimate of drug-likeness (QED) is 0.671. The zero-order valence-electron chi connectivity index (χ0n) is 12.5. The van der Waals surface area contributed by atoms with Crippen LogP contribution in [0.1, 0.15) is 40.5 Å². The lowest BCUT2D eigenvalue weighted by Crippen LogP contribution is -2.49. The van der Waals surface area contributed by atoms with Crippen LogP contribution in [0.25, 0.3) is 0 Å². The van der Waals surface area contributed by atoms with Gasteiger partial charge in [0.2, 0.25) is 11.8 Å². The lowest BCUT2D eigenvalue weighted by molar-refractivity contribution is -0.145. The standard InChI is InChI=1S/C14H24N2O4/c1-8-7-9(8)12(18)15-6-5-10(17)16-11(13(19)20)14(2,3)4/h8-9,11H,5-7H2,1-4H3,(H,15,18)(H,16,17)(H,19,20)/t8?,9?,11-/m0/s1. The van der Waals surface area contributed by atoms with Crippen molar-refractivity contribution < 1.29 is 19.5 Å². The average molecular weight is 284 g/mol. The second kappa shape index (κ2) is 6.24. The highest BCUT2D eigenvalue weighted by atomic mass is 16.4. The maximum Gasteiger partial charge on any atom is 0.326 e. The largest absolute Gasteiger partial charge is 0.480 e. The highest BCUT2D eigenvalue weighted by molar-refractivity contribution is 5.85. The Bertz CT molecular complexity index is 400. The third-order valence-corrected chi connectivity index (χ3v) is 3.52. The Hall–Kier alpha value is -1.59. The van der Waals surface area contributed by atoms with Gasteiger partial charge in [-0.15, -0.1) is 0 Å². The van der Waals surface area contributed by atoms with E-state index in [0.29, 0.717) is 5.92 Å². The summed E-state index contributed by atoms with van der Waals surface area (Å²) in [5.41, 5.74) is -0.561. The van der Waals surface area contributed by atoms with E-state index in [4.69, 9.17) is 5.11 Å². The minimum atomic E-state index is -1.05. The van der Waals surface area contributed by atoms with Crippen molar-refractivity contribution in [1.82, 2.24) is 10.6 Å². The van der Waals surface area contributed by atoms with Crippen LogP contribution in [-0.4, -0.2) is 35.5 Å². The second-order valence-corrected chi connectivity index (χ2v) is 6.57. The zero-order chi connectivity index (χ0) is 15.5. The maximum atomic E-state index is 11.7. The average Bonchev–Trinajstić information content (AvgIpc) is 3.01. The van der Waals surface area contributed by atoms with Gasteiger partial charge in [0.15, 0.2) is 0 Å². The molecule has 114 valence electrons. The van der Waals surface area contributed by atoms with Crippen LogP contribution in [0.3, 0.4) is 0 Å². The molecular weight excluding hydrogens is 260 g/mol. The van der Waals surface area contributed by atoms with E-state index in [9.17, 15) is 14.4 Å². The third-order valence-electron chi connectivity index (χ3n) is 3.52. The molecule has 0 bridgehead atoms. The van der Waals surface area contributed by atoms with Crippen molar-refractivity contribution in [3.63, 3.8) is 0 Å². The van der Waals surface area contributed by atoms with Crippen molar-refractivity contribution in [2.75, 3.05) is 6.54 Å². The fourth-order valence-electron chi connectivity index (χ4n) is 2.00. The molecule has 6 nitrogen and oxygen atoms in total. The summed E-state index contributed by atoms with van der Waals surface area (Å²) in [4.78, 5) is 34.4. The molecule has 1 aliphatic carbocycles. The van der Waals surface area contributed by atoms with Gasteiger partial charge < -0.3 is 15.7 Å². The van der Waals surface area contributed by atoms with E-state index in [0.717, 1.165) is 6.42 Å². The number of amides is 2. The lowest BCUT2D eigenvalue weighted by Gasteiger charge is -2.27. The number of hydrogen-bond donors (Lipinski definition) is 3. The molecule has 3 atom stereocenters. The molecule has 0 radical (unpaired) electrons. The van der Waals surface area contributed by atoms with E-state index in [1.165, 1.54) is 0 Å². The topological polar surface area (TPSA) is 95.5 Å². The predicted octanol–water partition coefficient (Wildman–Crippen LogP) is 0.764. The predicted molar refractivity (Wildman–Crippen MR) is 73.9 cm³/mol. The molecule has 1 rings (SSSR count). The first-order valence-electron chi connectivity index (χ1n) is 6.92. The van der Waals surface area contributed by atoms with Crippen molar-refractivity contribution in [2.24, 2.45) is 17.3 Å². The molecule has 6 heteroatoms. The summed E-state index contributed by atoms with van der Waals surface area (Å²) in [7, 11) is 0. The van der Waals surface area contributed by atoms with Crippen LogP contribution in [0.4, 0.5) is 0 Å². The van der Waals surface area contributed by atoms with E-state index in [2.05, 4.69) is 10.6 Å². The minimum Gasteiger partial charge on any atom is -0.480 e. The lowest BCUT2D eigenvalue weighted by atomic mass is 9.86. The molecule has 1 fully saturated rings. The van der Waals surface area contributed by atoms with E-state index >= 15 is 0 Å². The number of aliphatic carboxylic acids is 1. The van der Waals surface area contributed by atoms with Gasteiger partial charge in [-0.2, -0.15) is 0 Å². The van der Waals surface area contributed by atoms with Crippen molar-refractivity contribution in [3.05, 3.63) is 0 Å². The number of nitrogens with one attached hydrogen (secondary N) is 2. The maximum absolute atomic E-state index is 11.7. The molecule has 0 aromatic carbocycles. The summed E-state index contributed by atoms with van der Waals surface area (Å²) in [5.74, 6) is -0.922. The molecule has 1 saturated carbocycles. The second-order valence-electron chi connectivity index (χ2n) is 6.57. The van der Waals surface area contributed by atoms with E-state index in [1.807, 2.05) is 6.92 Å². The van der Waals surface area contributed by atoms with Gasteiger partial charge in [-0.1, -0.05) is 27.7 Å². The number of carboxylic acids is 1. The summed E-state index contributed by atoms with van der Waals surface area (Å²) in [6, 6.07) is -0.936. The number of rotatable bonds is 6. The molecule has 0 spiro atoms. The Balaban J connectivity index is 2.32. The summed E-state index contributed by atoms with van der Waals surface area (Å²) < 4.78 is 0. The van der Waals surface area contributed by atoms with Gasteiger partial charge >= 0.3 is 5.97 Å². The summed E-state index contributed by atoms with van der Waals surface area (Å²) >= 11 is 0. The van der Waals surface area contributed by atoms with Gasteiger partial charge in [0.05, 0.1) is 0 Å². The normalized spacial score (nSPS) is 22.8. The first-order valence-corrected chi connectivity index (χ1v) is 6.92. The van der Waals surface area contributed by atoms with Gasteiger partial charge in [-0.25, -0.2) is 4.79 Å². The molecule has 2 unspecified atom stereocenters. The van der Waals surface area contributed by atoms with Gasteiger partial charge in [0, 0.05) is 18.9 Å². The van der Waals surface area contributed by atoms with Crippen LogP contribution in [0, 0.1) is 17.3 Å². The Morgan fingerprint density at radius 1 is 1.30 bits per heavy atom. The van der Waals surface area contributed by atoms with Crippen molar-refractivity contribution >= 4 is 17.8 Å². The van der Waals surface area contributed by atoms with Crippen LogP contribution < -0.4 is 10.6 Å². The molecule has 0 aromatic heterocycles. The molecule has 0 aromatic rings. The summed E-state index contributed by atoms with van der Waals surface area (Å²) in [5, 5.41) is 14.3. The molecule has 0 saturated heterocycles. The highest BCUT2D eigenvalue weighted by Gasteiger charge is 2.38. The summed E-state index contributed by atoms with van der Waals surface area (Å²) in [6.07, 6.45) is 0.996. The smallest absolute Gasteiger partial charge is 0.326 e. The van der Waals surface area contributed by atoms with Crippen LogP contribution in [0.2, 0.25) is 0 Å². The zero-order valence-corrected chi connectivity index (χ0v) is 12.5. The number of carbonyl (C=O) groups excluding carboxylic acids is 2. The number of hydrogen-bond acceptors (Lipinski definition) is 3. The Kier molecular flexibility index (Phi) is 5.14. The number of carbonyl (C=O) groups is 3. The molecule has 0 aliphatic heterocycles. The monoisotopic (exact) mass is 284 g/mol. The van der Waals surface area contributed by atoms with Gasteiger partial charge in [0.1, 0.15) is 6.04 Å². The highest BCUT2D eigenvalue weighted by Crippen LogP contribution is 2.37. The van der Waals surface area contributed by atoms with Crippen molar-refractivity contribution in [1.29, 1.82) is 0 Å². The van der Waals surface area contributed by atoms with Gasteiger partial charge in [-0.3, -0.25) is 9.59 Å². The molecule has 0 heterocycles. The SMILES string of the molecule is CC1CC1C(=O)NCCC(=O)N[C@@H](C(=O)O)C(C)(C)C. The molecule has 3 N–H and O–H groups in total. The first-order chi connectivity index (χ1) is 9.12. The van der Waals surface area contributed by atoms with Crippen molar-refractivity contribution in [2.45, 2.75) is 46.6 Å². The van der Waals surface area contributed by atoms with Crippen molar-refractivity contribution in [3.8, 4) is 0 Å². The van der Waals surface area contributed by atoms with Gasteiger partial charge in [-0.05, 0) is 17.8 Å². The molecular formula is C14H24N2O4. The van der Waals surface area contributed by atoms with Crippen LogP contribution in [0.5, 0.6) is 0 Å². The Labute approximate surface area is 119 Å². The van der Waals surface area contributed by atoms with Crippen LogP contribution in [0.15, 0.2) is 0 Å². The number of carboxylic acid groups (broad SMARTS) is 1. The fraction of sp³-hybridized carbons (Fsp3) is 0.786. The molecule has 20 heavy (non-hydrogen) atoms. The molecule has 1 aliphatic rings. The van der Waals surface area contributed by atoms with Gasteiger partial charge in [0.25, 0.3) is 0 Å². The van der Waals surface area contributed by atoms with E-state index in [1.54, 1.807) is 20.8 Å². The van der Waals surface area contributed by atoms with E-state index < -0.39 is 17.4 Å². The Morgan fingerprint density at radius 3 is 2.25 bits per heavy atom.